The molecule has 1 aliphatic heterocycles. The molecule has 3 heterocycles. The fourth-order valence-electron chi connectivity index (χ4n) is 3.20. The van der Waals surface area contributed by atoms with Crippen molar-refractivity contribution in [2.45, 2.75) is 25.5 Å². The van der Waals surface area contributed by atoms with Crippen LogP contribution in [0.25, 0.3) is 11.4 Å². The van der Waals surface area contributed by atoms with Gasteiger partial charge in [0.15, 0.2) is 17.8 Å². The average molecular weight is 367 g/mol. The van der Waals surface area contributed by atoms with Crippen molar-refractivity contribution in [3.8, 4) is 17.1 Å². The zero-order valence-electron chi connectivity index (χ0n) is 15.5. The van der Waals surface area contributed by atoms with Crippen molar-refractivity contribution >= 4 is 0 Å². The summed E-state index contributed by atoms with van der Waals surface area (Å²) in [5, 5.41) is 4.70. The van der Waals surface area contributed by atoms with Gasteiger partial charge >= 0.3 is 0 Å². The number of aromatic nitrogens is 4. The molecule has 27 heavy (non-hydrogen) atoms. The summed E-state index contributed by atoms with van der Waals surface area (Å²) < 4.78 is 21.6. The highest BCUT2D eigenvalue weighted by molar-refractivity contribution is 5.53. The molecule has 140 valence electrons. The third-order valence-corrected chi connectivity index (χ3v) is 4.66. The van der Waals surface area contributed by atoms with E-state index >= 15 is 0 Å². The van der Waals surface area contributed by atoms with Gasteiger partial charge < -0.3 is 9.64 Å². The lowest BCUT2D eigenvalue weighted by molar-refractivity contribution is 0.159. The summed E-state index contributed by atoms with van der Waals surface area (Å²) in [6, 6.07) is 8.50. The Morgan fingerprint density at radius 2 is 2.04 bits per heavy atom. The second kappa shape index (κ2) is 7.44. The summed E-state index contributed by atoms with van der Waals surface area (Å²) in [5.74, 6) is 1.73. The summed E-state index contributed by atoms with van der Waals surface area (Å²) in [4.78, 5) is 10.9. The number of nitrogens with zero attached hydrogens (tertiary/aromatic N) is 5. The minimum Gasteiger partial charge on any atom is -0.482 e. The maximum absolute atomic E-state index is 13.6. The molecular formula is C20H22FN5O. The Morgan fingerprint density at radius 1 is 1.22 bits per heavy atom. The Hall–Kier alpha value is -2.80. The van der Waals surface area contributed by atoms with E-state index in [0.29, 0.717) is 18.1 Å². The van der Waals surface area contributed by atoms with Crippen LogP contribution in [-0.2, 0) is 13.0 Å². The molecular weight excluding hydrogens is 345 g/mol. The van der Waals surface area contributed by atoms with Gasteiger partial charge in [-0.15, -0.1) is 0 Å². The van der Waals surface area contributed by atoms with E-state index in [0.717, 1.165) is 36.3 Å². The number of hydrogen-bond donors (Lipinski definition) is 0. The molecule has 1 aliphatic rings. The summed E-state index contributed by atoms with van der Waals surface area (Å²) in [6.45, 7) is 1.54. The Balaban J connectivity index is 1.67. The largest absolute Gasteiger partial charge is 0.482 e. The normalized spacial score (nSPS) is 16.2. The molecule has 2 aromatic heterocycles. The van der Waals surface area contributed by atoms with Gasteiger partial charge in [-0.05, 0) is 50.7 Å². The van der Waals surface area contributed by atoms with Crippen LogP contribution in [0.1, 0.15) is 23.9 Å². The number of rotatable bonds is 5. The van der Waals surface area contributed by atoms with Gasteiger partial charge in [0, 0.05) is 30.6 Å². The molecule has 0 aliphatic carbocycles. The number of fused-ring (bicyclic) bond motifs is 1. The molecule has 0 radical (unpaired) electrons. The van der Waals surface area contributed by atoms with Gasteiger partial charge in [0.25, 0.3) is 0 Å². The second-order valence-electron chi connectivity index (χ2n) is 6.95. The van der Waals surface area contributed by atoms with E-state index < -0.39 is 0 Å². The predicted molar refractivity (Wildman–Crippen MR) is 99.9 cm³/mol. The van der Waals surface area contributed by atoms with Gasteiger partial charge in [-0.1, -0.05) is 6.07 Å². The van der Waals surface area contributed by atoms with Crippen LogP contribution in [0.4, 0.5) is 4.39 Å². The number of aryl methyl sites for hydroxylation is 1. The van der Waals surface area contributed by atoms with E-state index in [2.05, 4.69) is 9.88 Å². The molecule has 0 saturated carbocycles. The Kier molecular flexibility index (Phi) is 4.85. The number of likely N-dealkylation sites (N-methyl/N-ethyl adjacent to an activating group) is 1. The number of benzene rings is 1. The van der Waals surface area contributed by atoms with E-state index in [1.807, 2.05) is 30.9 Å². The SMILES string of the molecule is CN(C)CCn1nc(-c2ccncc2)nc1C1CCc2ccc(F)cc2O1. The third-order valence-electron chi connectivity index (χ3n) is 4.66. The van der Waals surface area contributed by atoms with Gasteiger partial charge in [0.1, 0.15) is 11.6 Å². The molecule has 0 amide bonds. The molecule has 0 saturated heterocycles. The molecule has 0 bridgehead atoms. The standard InChI is InChI=1S/C20H22FN5O/c1-25(2)11-12-26-20(23-19(24-26)15-7-9-22-10-8-15)17-6-4-14-3-5-16(21)13-18(14)27-17/h3,5,7-10,13,17H,4,6,11-12H2,1-2H3. The second-order valence-corrected chi connectivity index (χ2v) is 6.95. The van der Waals surface area contributed by atoms with Gasteiger partial charge in [0.05, 0.1) is 6.54 Å². The zero-order valence-corrected chi connectivity index (χ0v) is 15.5. The molecule has 6 nitrogen and oxygen atoms in total. The highest BCUT2D eigenvalue weighted by Crippen LogP contribution is 2.35. The quantitative estimate of drug-likeness (QED) is 0.694. The lowest BCUT2D eigenvalue weighted by Gasteiger charge is -2.26. The van der Waals surface area contributed by atoms with Crippen LogP contribution in [0.2, 0.25) is 0 Å². The number of ether oxygens (including phenoxy) is 1. The van der Waals surface area contributed by atoms with Crippen LogP contribution in [0.15, 0.2) is 42.7 Å². The van der Waals surface area contributed by atoms with Crippen LogP contribution in [0.3, 0.4) is 0 Å². The van der Waals surface area contributed by atoms with E-state index in [-0.39, 0.29) is 11.9 Å². The Labute approximate surface area is 157 Å². The molecule has 0 fully saturated rings. The average Bonchev–Trinajstić information content (AvgIpc) is 3.11. The molecule has 4 rings (SSSR count). The fraction of sp³-hybridized carbons (Fsp3) is 0.350. The minimum absolute atomic E-state index is 0.246. The predicted octanol–water partition coefficient (Wildman–Crippen LogP) is 3.11. The van der Waals surface area contributed by atoms with Crippen LogP contribution >= 0.6 is 0 Å². The van der Waals surface area contributed by atoms with Gasteiger partial charge in [-0.25, -0.2) is 14.1 Å². The van der Waals surface area contributed by atoms with E-state index in [9.17, 15) is 4.39 Å². The van der Waals surface area contributed by atoms with Crippen molar-refractivity contribution in [2.75, 3.05) is 20.6 Å². The molecule has 1 unspecified atom stereocenters. The molecule has 3 aromatic rings. The molecule has 1 aromatic carbocycles. The van der Waals surface area contributed by atoms with E-state index in [1.54, 1.807) is 18.5 Å². The third kappa shape index (κ3) is 3.83. The maximum atomic E-state index is 13.6. The van der Waals surface area contributed by atoms with Crippen LogP contribution < -0.4 is 4.74 Å². The number of halogens is 1. The zero-order chi connectivity index (χ0) is 18.8. The van der Waals surface area contributed by atoms with Crippen molar-refractivity contribution in [1.29, 1.82) is 0 Å². The Bertz CT molecular complexity index is 925. The molecule has 0 N–H and O–H groups in total. The minimum atomic E-state index is -0.291. The lowest BCUT2D eigenvalue weighted by atomic mass is 10.0. The summed E-state index contributed by atoms with van der Waals surface area (Å²) in [5.41, 5.74) is 1.94. The van der Waals surface area contributed by atoms with Crippen molar-refractivity contribution in [3.05, 3.63) is 59.9 Å². The Morgan fingerprint density at radius 3 is 2.81 bits per heavy atom. The summed E-state index contributed by atoms with van der Waals surface area (Å²) in [7, 11) is 4.05. The smallest absolute Gasteiger partial charge is 0.181 e. The summed E-state index contributed by atoms with van der Waals surface area (Å²) >= 11 is 0. The highest BCUT2D eigenvalue weighted by Gasteiger charge is 2.27. The summed E-state index contributed by atoms with van der Waals surface area (Å²) in [6.07, 6.45) is 4.82. The van der Waals surface area contributed by atoms with E-state index in [1.165, 1.54) is 12.1 Å². The first-order chi connectivity index (χ1) is 13.1. The number of hydrogen-bond acceptors (Lipinski definition) is 5. The van der Waals surface area contributed by atoms with Gasteiger partial charge in [-0.2, -0.15) is 5.10 Å². The van der Waals surface area contributed by atoms with Gasteiger partial charge in [0.2, 0.25) is 0 Å². The van der Waals surface area contributed by atoms with Crippen LogP contribution in [0.5, 0.6) is 5.75 Å². The lowest BCUT2D eigenvalue weighted by Crippen LogP contribution is -2.24. The van der Waals surface area contributed by atoms with Gasteiger partial charge in [-0.3, -0.25) is 4.98 Å². The highest BCUT2D eigenvalue weighted by atomic mass is 19.1. The van der Waals surface area contributed by atoms with Crippen molar-refractivity contribution in [2.24, 2.45) is 0 Å². The molecule has 7 heteroatoms. The monoisotopic (exact) mass is 367 g/mol. The number of pyridine rings is 1. The molecule has 0 spiro atoms. The first kappa shape index (κ1) is 17.6. The fourth-order valence-corrected chi connectivity index (χ4v) is 3.20. The van der Waals surface area contributed by atoms with Crippen molar-refractivity contribution < 1.29 is 9.13 Å². The topological polar surface area (TPSA) is 56.1 Å². The first-order valence-corrected chi connectivity index (χ1v) is 9.05. The van der Waals surface area contributed by atoms with Crippen LogP contribution in [0, 0.1) is 5.82 Å². The maximum Gasteiger partial charge on any atom is 0.181 e. The van der Waals surface area contributed by atoms with E-state index in [4.69, 9.17) is 14.8 Å². The van der Waals surface area contributed by atoms with Crippen molar-refractivity contribution in [1.82, 2.24) is 24.6 Å². The van der Waals surface area contributed by atoms with Crippen LogP contribution in [-0.4, -0.2) is 45.3 Å². The van der Waals surface area contributed by atoms with Crippen molar-refractivity contribution in [3.63, 3.8) is 0 Å². The first-order valence-electron chi connectivity index (χ1n) is 9.05. The molecule has 1 atom stereocenters.